The van der Waals surface area contributed by atoms with Crippen molar-refractivity contribution >= 4 is 0 Å². The van der Waals surface area contributed by atoms with Crippen LogP contribution in [0.3, 0.4) is 0 Å². The minimum absolute atomic E-state index is 0.0385. The van der Waals surface area contributed by atoms with Crippen LogP contribution in [0.25, 0.3) is 0 Å². The Morgan fingerprint density at radius 1 is 0.895 bits per heavy atom. The maximum absolute atomic E-state index is 10.5. The van der Waals surface area contributed by atoms with Crippen LogP contribution in [0.5, 0.6) is 0 Å². The van der Waals surface area contributed by atoms with Gasteiger partial charge in [0.05, 0.1) is 12.7 Å². The average molecular weight is 543 g/mol. The van der Waals surface area contributed by atoms with Gasteiger partial charge in [0.15, 0.2) is 12.6 Å². The summed E-state index contributed by atoms with van der Waals surface area (Å²) in [5.41, 5.74) is 0. The topological polar surface area (TPSA) is 199 Å². The van der Waals surface area contributed by atoms with E-state index in [-0.39, 0.29) is 6.61 Å². The minimum Gasteiger partial charge on any atom is -0.396 e. The second-order valence-corrected chi connectivity index (χ2v) is 8.91. The van der Waals surface area contributed by atoms with Crippen LogP contribution >= 0.6 is 0 Å². The highest BCUT2D eigenvalue weighted by atomic mass is 16.7. The Labute approximate surface area is 221 Å². The van der Waals surface area contributed by atoms with Crippen LogP contribution in [-0.4, -0.2) is 128 Å². The molecule has 2 rings (SSSR count). The summed E-state index contributed by atoms with van der Waals surface area (Å²) in [4.78, 5) is 0. The van der Waals surface area contributed by atoms with Crippen LogP contribution in [-0.2, 0) is 18.9 Å². The molecule has 0 unspecified atom stereocenters. The summed E-state index contributed by atoms with van der Waals surface area (Å²) in [5, 5.41) is 80.7. The summed E-state index contributed by atoms with van der Waals surface area (Å²) >= 11 is 0. The van der Waals surface area contributed by atoms with Crippen molar-refractivity contribution in [3.63, 3.8) is 0 Å². The van der Waals surface area contributed by atoms with E-state index in [2.05, 4.69) is 23.7 Å². The highest BCUT2D eigenvalue weighted by molar-refractivity contribution is 5.32. The van der Waals surface area contributed by atoms with E-state index in [1.54, 1.807) is 25.2 Å². The first-order chi connectivity index (χ1) is 18.1. The Hall–Kier alpha value is -1.88. The lowest BCUT2D eigenvalue weighted by Crippen LogP contribution is -2.61. The van der Waals surface area contributed by atoms with Crippen molar-refractivity contribution in [1.82, 2.24) is 0 Å². The summed E-state index contributed by atoms with van der Waals surface area (Å²) in [5.74, 6) is 10.2. The monoisotopic (exact) mass is 542 g/mol. The third-order valence-electron chi connectivity index (χ3n) is 5.96. The van der Waals surface area contributed by atoms with E-state index in [4.69, 9.17) is 24.1 Å². The predicted octanol–water partition coefficient (Wildman–Crippen LogP) is -2.70. The van der Waals surface area contributed by atoms with Crippen molar-refractivity contribution in [2.75, 3.05) is 13.2 Å². The molecule has 2 aliphatic rings. The summed E-state index contributed by atoms with van der Waals surface area (Å²) in [6.45, 7) is 2.77. The Kier molecular flexibility index (Phi) is 13.8. The molecule has 214 valence electrons. The van der Waals surface area contributed by atoms with Crippen molar-refractivity contribution in [2.24, 2.45) is 0 Å². The fraction of sp³-hybridized carbons (Fsp3) is 0.692. The Balaban J connectivity index is 2.12. The molecule has 0 saturated carbocycles. The first-order valence-electron chi connectivity index (χ1n) is 12.4. The molecule has 0 aromatic heterocycles. The van der Waals surface area contributed by atoms with Gasteiger partial charge < -0.3 is 59.8 Å². The van der Waals surface area contributed by atoms with Gasteiger partial charge in [0.1, 0.15) is 54.9 Å². The molecule has 0 spiro atoms. The standard InChI is InChI=1S/C26H38O12/c1-3-4-5-6-8-11-16(28)17(12-9-7-10-13-27)37-26-24(34)22(32)20(30)18(38-26)14-35-25-23(33)21(31)19(29)15(2)36-25/h3-4,9,12,15-34H,7,10,13-14H2,1-2H3/b4-3+,12-9+/t15-,16+,17+,18+,19-,20+,21+,22-,23+,24+,25+,26+/m0/s1. The van der Waals surface area contributed by atoms with Gasteiger partial charge in [0, 0.05) is 6.61 Å². The second-order valence-electron chi connectivity index (χ2n) is 8.91. The van der Waals surface area contributed by atoms with Gasteiger partial charge in [0.2, 0.25) is 0 Å². The normalized spacial score (nSPS) is 37.3. The molecule has 0 aromatic carbocycles. The molecular formula is C26H38O12. The van der Waals surface area contributed by atoms with Crippen molar-refractivity contribution in [1.29, 1.82) is 0 Å². The average Bonchev–Trinajstić information content (AvgIpc) is 2.90. The van der Waals surface area contributed by atoms with E-state index in [1.165, 1.54) is 13.0 Å². The van der Waals surface area contributed by atoms with Gasteiger partial charge in [-0.1, -0.05) is 30.1 Å². The Morgan fingerprint density at radius 2 is 1.58 bits per heavy atom. The number of rotatable bonds is 10. The predicted molar refractivity (Wildman–Crippen MR) is 132 cm³/mol. The van der Waals surface area contributed by atoms with Gasteiger partial charge >= 0.3 is 0 Å². The molecule has 2 aliphatic heterocycles. The molecule has 0 amide bonds. The quantitative estimate of drug-likeness (QED) is 0.0808. The van der Waals surface area contributed by atoms with Crippen LogP contribution in [0, 0.1) is 23.7 Å². The van der Waals surface area contributed by atoms with Gasteiger partial charge in [-0.15, -0.1) is 0 Å². The van der Waals surface area contributed by atoms with E-state index >= 15 is 0 Å². The molecule has 0 aromatic rings. The molecule has 2 fully saturated rings. The highest BCUT2D eigenvalue weighted by Crippen LogP contribution is 2.27. The molecule has 2 saturated heterocycles. The number of ether oxygens (including phenoxy) is 4. The number of unbranched alkanes of at least 4 members (excludes halogenated alkanes) is 1. The molecule has 8 N–H and O–H groups in total. The molecule has 0 aliphatic carbocycles. The molecular weight excluding hydrogens is 504 g/mol. The zero-order chi connectivity index (χ0) is 28.2. The lowest BCUT2D eigenvalue weighted by Gasteiger charge is -2.43. The first-order valence-corrected chi connectivity index (χ1v) is 12.4. The molecule has 0 radical (unpaired) electrons. The maximum atomic E-state index is 10.5. The summed E-state index contributed by atoms with van der Waals surface area (Å²) in [6, 6.07) is 0. The Bertz CT molecular complexity index is 886. The number of aliphatic hydroxyl groups excluding tert-OH is 8. The lowest BCUT2D eigenvalue weighted by molar-refractivity contribution is -0.333. The highest BCUT2D eigenvalue weighted by Gasteiger charge is 2.47. The van der Waals surface area contributed by atoms with E-state index in [1.807, 2.05) is 0 Å². The molecule has 38 heavy (non-hydrogen) atoms. The van der Waals surface area contributed by atoms with Gasteiger partial charge in [-0.3, -0.25) is 0 Å². The van der Waals surface area contributed by atoms with Crippen molar-refractivity contribution in [2.45, 2.75) is 100 Å². The molecule has 12 atom stereocenters. The van der Waals surface area contributed by atoms with Gasteiger partial charge in [0.25, 0.3) is 0 Å². The molecule has 12 nitrogen and oxygen atoms in total. The van der Waals surface area contributed by atoms with Crippen molar-refractivity contribution in [3.05, 3.63) is 24.3 Å². The minimum atomic E-state index is -1.72. The molecule has 12 heteroatoms. The first kappa shape index (κ1) is 32.3. The van der Waals surface area contributed by atoms with Gasteiger partial charge in [-0.2, -0.15) is 0 Å². The van der Waals surface area contributed by atoms with Crippen LogP contribution in [0.4, 0.5) is 0 Å². The fourth-order valence-corrected chi connectivity index (χ4v) is 3.68. The number of hydrogen-bond donors (Lipinski definition) is 8. The maximum Gasteiger partial charge on any atom is 0.187 e. The van der Waals surface area contributed by atoms with Crippen LogP contribution in [0.2, 0.25) is 0 Å². The summed E-state index contributed by atoms with van der Waals surface area (Å²) < 4.78 is 22.1. The van der Waals surface area contributed by atoms with Crippen molar-refractivity contribution < 1.29 is 59.8 Å². The van der Waals surface area contributed by atoms with E-state index in [0.29, 0.717) is 12.8 Å². The lowest BCUT2D eigenvalue weighted by atomic mass is 9.98. The zero-order valence-electron chi connectivity index (χ0n) is 21.3. The molecule has 0 bridgehead atoms. The Morgan fingerprint density at radius 3 is 2.26 bits per heavy atom. The van der Waals surface area contributed by atoms with Crippen LogP contribution in [0.1, 0.15) is 26.7 Å². The van der Waals surface area contributed by atoms with Crippen LogP contribution in [0.15, 0.2) is 24.3 Å². The fourth-order valence-electron chi connectivity index (χ4n) is 3.68. The van der Waals surface area contributed by atoms with Gasteiger partial charge in [-0.25, -0.2) is 0 Å². The van der Waals surface area contributed by atoms with Crippen LogP contribution < -0.4 is 0 Å². The largest absolute Gasteiger partial charge is 0.396 e. The molecule has 2 heterocycles. The number of hydrogen-bond acceptors (Lipinski definition) is 12. The number of aliphatic hydroxyl groups is 8. The van der Waals surface area contributed by atoms with Gasteiger partial charge in [-0.05, 0) is 44.6 Å². The summed E-state index contributed by atoms with van der Waals surface area (Å²) in [6.07, 6.45) is -9.78. The third-order valence-corrected chi connectivity index (χ3v) is 5.96. The van der Waals surface area contributed by atoms with E-state index < -0.39 is 80.2 Å². The third kappa shape index (κ3) is 9.10. The zero-order valence-corrected chi connectivity index (χ0v) is 21.3. The van der Waals surface area contributed by atoms with E-state index in [0.717, 1.165) is 0 Å². The van der Waals surface area contributed by atoms with Crippen molar-refractivity contribution in [3.8, 4) is 23.7 Å². The number of allylic oxidation sites excluding steroid dienone is 3. The SMILES string of the molecule is C/C=C/C#CC#C[C@@H](O)[C@@H](/C=C/CCCO)O[C@@H]1O[C@H](CO[C@@H]2O[C@@H](C)[C@H](O)[C@@H](O)[C@H]2O)[C@@H](O)[C@H](O)[C@H]1O. The van der Waals surface area contributed by atoms with E-state index in [9.17, 15) is 35.7 Å². The second kappa shape index (κ2) is 16.3. The smallest absolute Gasteiger partial charge is 0.187 e. The summed E-state index contributed by atoms with van der Waals surface area (Å²) in [7, 11) is 0.